The zero-order valence-corrected chi connectivity index (χ0v) is 19.8. The van der Waals surface area contributed by atoms with E-state index >= 15 is 0 Å². The van der Waals surface area contributed by atoms with E-state index in [1.807, 2.05) is 17.5 Å². The van der Waals surface area contributed by atoms with E-state index in [4.69, 9.17) is 4.74 Å². The van der Waals surface area contributed by atoms with Crippen LogP contribution < -0.4 is 5.32 Å². The molecule has 0 bridgehead atoms. The molecule has 34 heavy (non-hydrogen) atoms. The van der Waals surface area contributed by atoms with Gasteiger partial charge in [-0.2, -0.15) is 11.3 Å². The van der Waals surface area contributed by atoms with Gasteiger partial charge in [0.15, 0.2) is 6.61 Å². The highest BCUT2D eigenvalue weighted by atomic mass is 32.1. The Labute approximate surface area is 202 Å². The second-order valence-corrected chi connectivity index (χ2v) is 8.95. The number of piperazine rings is 1. The smallest absolute Gasteiger partial charge is 0.340 e. The van der Waals surface area contributed by atoms with Crippen LogP contribution in [0.3, 0.4) is 0 Å². The lowest BCUT2D eigenvalue weighted by molar-refractivity contribution is -0.136. The molecule has 3 aromatic rings. The molecule has 1 saturated heterocycles. The number of benzene rings is 2. The van der Waals surface area contributed by atoms with Crippen LogP contribution in [0.1, 0.15) is 31.8 Å². The standard InChI is InChI=1S/C26H27N3O4S/c1-19-6-2-3-7-20(19)16-28-11-13-29(14-12-28)24(30)17-33-26(32)22-8-4-5-9-23(22)27-25(31)21-10-15-34-18-21/h2-10,15,18H,11-14,16-17H2,1H3,(H,27,31). The Kier molecular flexibility index (Phi) is 7.72. The number of carbonyl (C=O) groups excluding carboxylic acids is 3. The molecular formula is C26H27N3O4S. The van der Waals surface area contributed by atoms with Gasteiger partial charge in [0.25, 0.3) is 11.8 Å². The molecule has 0 radical (unpaired) electrons. The molecule has 1 fully saturated rings. The van der Waals surface area contributed by atoms with Gasteiger partial charge in [0.1, 0.15) is 0 Å². The van der Waals surface area contributed by atoms with E-state index in [2.05, 4.69) is 29.3 Å². The highest BCUT2D eigenvalue weighted by Crippen LogP contribution is 2.19. The molecule has 1 aromatic heterocycles. The number of carbonyl (C=O) groups is 3. The van der Waals surface area contributed by atoms with E-state index in [0.717, 1.165) is 19.6 Å². The SMILES string of the molecule is Cc1ccccc1CN1CCN(C(=O)COC(=O)c2ccccc2NC(=O)c2ccsc2)CC1. The third-order valence-corrected chi connectivity index (χ3v) is 6.57. The summed E-state index contributed by atoms with van der Waals surface area (Å²) in [4.78, 5) is 41.7. The lowest BCUT2D eigenvalue weighted by Crippen LogP contribution is -2.49. The van der Waals surface area contributed by atoms with E-state index in [1.54, 1.807) is 40.6 Å². The van der Waals surface area contributed by atoms with Crippen molar-refractivity contribution in [3.8, 4) is 0 Å². The van der Waals surface area contributed by atoms with Crippen LogP contribution in [0.4, 0.5) is 5.69 Å². The minimum atomic E-state index is -0.646. The number of hydrogen-bond acceptors (Lipinski definition) is 6. The molecule has 2 aromatic carbocycles. The number of hydrogen-bond donors (Lipinski definition) is 1. The third kappa shape index (κ3) is 5.89. The first-order valence-electron chi connectivity index (χ1n) is 11.2. The summed E-state index contributed by atoms with van der Waals surface area (Å²) in [7, 11) is 0. The summed E-state index contributed by atoms with van der Waals surface area (Å²) < 4.78 is 5.30. The topological polar surface area (TPSA) is 79.0 Å². The Morgan fingerprint density at radius 2 is 1.71 bits per heavy atom. The summed E-state index contributed by atoms with van der Waals surface area (Å²) >= 11 is 1.42. The van der Waals surface area contributed by atoms with Crippen molar-refractivity contribution in [3.63, 3.8) is 0 Å². The molecule has 2 heterocycles. The van der Waals surface area contributed by atoms with Crippen molar-refractivity contribution >= 4 is 34.8 Å². The summed E-state index contributed by atoms with van der Waals surface area (Å²) in [5.74, 6) is -1.17. The number of amides is 2. The summed E-state index contributed by atoms with van der Waals surface area (Å²) in [5, 5.41) is 6.28. The summed E-state index contributed by atoms with van der Waals surface area (Å²) in [6, 6.07) is 16.6. The second-order valence-electron chi connectivity index (χ2n) is 8.17. The molecule has 0 aliphatic carbocycles. The second kappa shape index (κ2) is 11.1. The van der Waals surface area contributed by atoms with E-state index in [1.165, 1.54) is 22.5 Å². The van der Waals surface area contributed by atoms with Crippen LogP contribution in [0.15, 0.2) is 65.4 Å². The first-order valence-corrected chi connectivity index (χ1v) is 12.1. The predicted octanol–water partition coefficient (Wildman–Crippen LogP) is 3.81. The number of para-hydroxylation sites is 1. The van der Waals surface area contributed by atoms with Crippen molar-refractivity contribution in [2.45, 2.75) is 13.5 Å². The number of nitrogens with zero attached hydrogens (tertiary/aromatic N) is 2. The van der Waals surface area contributed by atoms with Crippen LogP contribution in [0.2, 0.25) is 0 Å². The van der Waals surface area contributed by atoms with Crippen LogP contribution in [0.5, 0.6) is 0 Å². The van der Waals surface area contributed by atoms with E-state index in [9.17, 15) is 14.4 Å². The summed E-state index contributed by atoms with van der Waals surface area (Å²) in [6.07, 6.45) is 0. The molecule has 0 saturated carbocycles. The molecule has 0 unspecified atom stereocenters. The number of ether oxygens (including phenoxy) is 1. The number of rotatable bonds is 7. The normalized spacial score (nSPS) is 14.0. The largest absolute Gasteiger partial charge is 0.452 e. The van der Waals surface area contributed by atoms with Gasteiger partial charge < -0.3 is 15.0 Å². The molecule has 1 aliphatic heterocycles. The number of nitrogens with one attached hydrogen (secondary N) is 1. The van der Waals surface area contributed by atoms with Crippen molar-refractivity contribution in [1.82, 2.24) is 9.80 Å². The Hall–Kier alpha value is -3.49. The van der Waals surface area contributed by atoms with Gasteiger partial charge in [0, 0.05) is 38.1 Å². The number of anilines is 1. The van der Waals surface area contributed by atoms with Gasteiger partial charge in [0.2, 0.25) is 0 Å². The van der Waals surface area contributed by atoms with Gasteiger partial charge in [-0.05, 0) is 41.6 Å². The zero-order chi connectivity index (χ0) is 23.9. The third-order valence-electron chi connectivity index (χ3n) is 5.89. The number of aryl methyl sites for hydroxylation is 1. The van der Waals surface area contributed by atoms with Gasteiger partial charge in [-0.3, -0.25) is 14.5 Å². The van der Waals surface area contributed by atoms with Crippen molar-refractivity contribution in [1.29, 1.82) is 0 Å². The van der Waals surface area contributed by atoms with E-state index in [-0.39, 0.29) is 24.0 Å². The Bertz CT molecular complexity index is 1150. The van der Waals surface area contributed by atoms with Crippen molar-refractivity contribution in [2.24, 2.45) is 0 Å². The Morgan fingerprint density at radius 1 is 0.971 bits per heavy atom. The fourth-order valence-corrected chi connectivity index (χ4v) is 4.47. The van der Waals surface area contributed by atoms with Crippen molar-refractivity contribution in [2.75, 3.05) is 38.1 Å². The lowest BCUT2D eigenvalue weighted by Gasteiger charge is -2.34. The molecule has 0 spiro atoms. The molecule has 0 atom stereocenters. The highest BCUT2D eigenvalue weighted by Gasteiger charge is 2.23. The quantitative estimate of drug-likeness (QED) is 0.524. The zero-order valence-electron chi connectivity index (χ0n) is 19.0. The average Bonchev–Trinajstić information content (AvgIpc) is 3.40. The van der Waals surface area contributed by atoms with Crippen LogP contribution >= 0.6 is 11.3 Å². The van der Waals surface area contributed by atoms with E-state index in [0.29, 0.717) is 24.3 Å². The fraction of sp³-hybridized carbons (Fsp3) is 0.269. The Morgan fingerprint density at radius 3 is 2.44 bits per heavy atom. The first-order chi connectivity index (χ1) is 16.5. The van der Waals surface area contributed by atoms with Crippen molar-refractivity contribution in [3.05, 3.63) is 87.6 Å². The Balaban J connectivity index is 1.27. The minimum absolute atomic E-state index is 0.210. The van der Waals surface area contributed by atoms with E-state index < -0.39 is 5.97 Å². The van der Waals surface area contributed by atoms with Gasteiger partial charge in [-0.15, -0.1) is 0 Å². The van der Waals surface area contributed by atoms with Crippen LogP contribution in [0, 0.1) is 6.92 Å². The van der Waals surface area contributed by atoms with Crippen molar-refractivity contribution < 1.29 is 19.1 Å². The molecule has 7 nitrogen and oxygen atoms in total. The maximum atomic E-state index is 12.7. The highest BCUT2D eigenvalue weighted by molar-refractivity contribution is 7.08. The molecule has 8 heteroatoms. The molecule has 2 amide bonds. The molecular weight excluding hydrogens is 450 g/mol. The number of esters is 1. The lowest BCUT2D eigenvalue weighted by atomic mass is 10.1. The molecule has 4 rings (SSSR count). The minimum Gasteiger partial charge on any atom is -0.452 e. The maximum absolute atomic E-state index is 12.7. The first kappa shape index (κ1) is 23.7. The molecule has 1 N–H and O–H groups in total. The molecule has 176 valence electrons. The average molecular weight is 478 g/mol. The van der Waals surface area contributed by atoms with Crippen LogP contribution in [-0.4, -0.2) is 60.4 Å². The monoisotopic (exact) mass is 477 g/mol. The number of thiophene rings is 1. The summed E-state index contributed by atoms with van der Waals surface area (Å²) in [5.41, 5.74) is 3.63. The van der Waals surface area contributed by atoms with Gasteiger partial charge >= 0.3 is 5.97 Å². The fourth-order valence-electron chi connectivity index (χ4n) is 3.84. The van der Waals surface area contributed by atoms with Crippen LogP contribution in [-0.2, 0) is 16.1 Å². The van der Waals surface area contributed by atoms with Gasteiger partial charge in [-0.25, -0.2) is 4.79 Å². The van der Waals surface area contributed by atoms with Gasteiger partial charge in [-0.1, -0.05) is 36.4 Å². The summed E-state index contributed by atoms with van der Waals surface area (Å²) in [6.45, 7) is 5.36. The maximum Gasteiger partial charge on any atom is 0.340 e. The molecule has 1 aliphatic rings. The predicted molar refractivity (Wildman–Crippen MR) is 132 cm³/mol. The van der Waals surface area contributed by atoms with Gasteiger partial charge in [0.05, 0.1) is 16.8 Å². The van der Waals surface area contributed by atoms with Crippen LogP contribution in [0.25, 0.3) is 0 Å².